The van der Waals surface area contributed by atoms with Gasteiger partial charge in [0.2, 0.25) is 0 Å². The van der Waals surface area contributed by atoms with Crippen molar-refractivity contribution in [2.75, 3.05) is 0 Å². The SMILES string of the molecule is O=C(c1ccccc1)N([N+](=O)[O-])[C@@](Cc1ccc(O)cc1)(C(=O)O)[N+](=O)[O-]. The Bertz CT molecular complexity index is 868. The number of nitrogens with zero attached hydrogens (tertiary/aromatic N) is 3. The van der Waals surface area contributed by atoms with Gasteiger partial charge in [0.25, 0.3) is 0 Å². The molecule has 1 atom stereocenters. The van der Waals surface area contributed by atoms with Crippen LogP contribution in [0.5, 0.6) is 5.75 Å². The Labute approximate surface area is 151 Å². The van der Waals surface area contributed by atoms with Crippen molar-refractivity contribution >= 4 is 11.9 Å². The molecule has 0 bridgehead atoms. The van der Waals surface area contributed by atoms with Crippen molar-refractivity contribution in [3.8, 4) is 5.75 Å². The highest BCUT2D eigenvalue weighted by Crippen LogP contribution is 2.26. The average molecular weight is 375 g/mol. The van der Waals surface area contributed by atoms with Crippen LogP contribution < -0.4 is 0 Å². The fourth-order valence-electron chi connectivity index (χ4n) is 2.44. The standard InChI is InChI=1S/C16H13N3O8/c20-13-8-6-11(7-9-13)10-16(15(22)23,18(24)25)17(19(26)27)14(21)12-4-2-1-3-5-12/h1-9,20H,10H2,(H,22,23)/t16-/m1/s1. The highest BCUT2D eigenvalue weighted by molar-refractivity contribution is 5.96. The first-order valence-electron chi connectivity index (χ1n) is 7.40. The Morgan fingerprint density at radius 2 is 1.56 bits per heavy atom. The number of benzene rings is 2. The zero-order valence-corrected chi connectivity index (χ0v) is 13.6. The first-order chi connectivity index (χ1) is 12.7. The molecule has 27 heavy (non-hydrogen) atoms. The van der Waals surface area contributed by atoms with Gasteiger partial charge >= 0.3 is 17.5 Å². The normalized spacial score (nSPS) is 12.6. The Balaban J connectivity index is 2.63. The van der Waals surface area contributed by atoms with Crippen LogP contribution in [0.25, 0.3) is 0 Å². The second-order valence-corrected chi connectivity index (χ2v) is 5.44. The molecule has 2 aromatic rings. The predicted molar refractivity (Wildman–Crippen MR) is 88.8 cm³/mol. The quantitative estimate of drug-likeness (QED) is 0.415. The smallest absolute Gasteiger partial charge is 0.451 e. The predicted octanol–water partition coefficient (Wildman–Crippen LogP) is 1.33. The van der Waals surface area contributed by atoms with Gasteiger partial charge in [-0.15, -0.1) is 0 Å². The second kappa shape index (κ2) is 7.47. The van der Waals surface area contributed by atoms with Crippen LogP contribution in [0, 0.1) is 20.2 Å². The minimum absolute atomic E-state index is 0.000360. The number of hydrazine groups is 1. The Kier molecular flexibility index (Phi) is 5.34. The number of aliphatic carboxylic acids is 1. The summed E-state index contributed by atoms with van der Waals surface area (Å²) in [4.78, 5) is 46.2. The molecule has 0 aliphatic carbocycles. The van der Waals surface area contributed by atoms with Crippen molar-refractivity contribution in [1.82, 2.24) is 5.01 Å². The van der Waals surface area contributed by atoms with E-state index in [1.165, 1.54) is 42.5 Å². The van der Waals surface area contributed by atoms with Crippen molar-refractivity contribution in [3.63, 3.8) is 0 Å². The fourth-order valence-corrected chi connectivity index (χ4v) is 2.44. The number of phenols is 1. The van der Waals surface area contributed by atoms with Gasteiger partial charge in [0.05, 0.1) is 11.3 Å². The Hall–Kier alpha value is -4.02. The van der Waals surface area contributed by atoms with Gasteiger partial charge in [-0.1, -0.05) is 30.3 Å². The van der Waals surface area contributed by atoms with Crippen molar-refractivity contribution in [1.29, 1.82) is 0 Å². The molecule has 0 saturated carbocycles. The maximum Gasteiger partial charge on any atom is 0.451 e. The average Bonchev–Trinajstić information content (AvgIpc) is 2.62. The summed E-state index contributed by atoms with van der Waals surface area (Å²) >= 11 is 0. The number of carboxylic acids is 1. The summed E-state index contributed by atoms with van der Waals surface area (Å²) in [6.45, 7) is 0. The van der Waals surface area contributed by atoms with Gasteiger partial charge in [0.1, 0.15) is 5.75 Å². The molecule has 140 valence electrons. The zero-order chi connectivity index (χ0) is 20.2. The molecule has 11 heteroatoms. The lowest BCUT2D eigenvalue weighted by Gasteiger charge is -2.25. The summed E-state index contributed by atoms with van der Waals surface area (Å²) in [5.41, 5.74) is -3.68. The number of hydrogen-bond acceptors (Lipinski definition) is 7. The molecule has 0 unspecified atom stereocenters. The first-order valence-corrected chi connectivity index (χ1v) is 7.40. The van der Waals surface area contributed by atoms with Crippen molar-refractivity contribution < 1.29 is 29.8 Å². The molecule has 0 fully saturated rings. The van der Waals surface area contributed by atoms with Gasteiger partial charge < -0.3 is 10.2 Å². The molecular formula is C16H13N3O8. The molecule has 0 aromatic heterocycles. The van der Waals surface area contributed by atoms with E-state index in [1.54, 1.807) is 0 Å². The van der Waals surface area contributed by atoms with Crippen molar-refractivity contribution in [3.05, 3.63) is 86.0 Å². The molecule has 2 N–H and O–H groups in total. The van der Waals surface area contributed by atoms with Crippen LogP contribution in [0.3, 0.4) is 0 Å². The molecule has 0 heterocycles. The summed E-state index contributed by atoms with van der Waals surface area (Å²) in [7, 11) is 0. The van der Waals surface area contributed by atoms with E-state index in [0.717, 1.165) is 12.1 Å². The number of amides is 1. The fraction of sp³-hybridized carbons (Fsp3) is 0.125. The van der Waals surface area contributed by atoms with Gasteiger partial charge in [-0.05, 0) is 29.8 Å². The minimum Gasteiger partial charge on any atom is -0.508 e. The summed E-state index contributed by atoms with van der Waals surface area (Å²) in [6.07, 6.45) is -0.991. The van der Waals surface area contributed by atoms with Crippen LogP contribution >= 0.6 is 0 Å². The zero-order valence-electron chi connectivity index (χ0n) is 13.6. The first kappa shape index (κ1) is 19.3. The molecule has 0 saturated heterocycles. The molecule has 11 nitrogen and oxygen atoms in total. The lowest BCUT2D eigenvalue weighted by atomic mass is 9.98. The summed E-state index contributed by atoms with van der Waals surface area (Å²) in [5, 5.41) is 40.1. The highest BCUT2D eigenvalue weighted by Gasteiger charge is 2.66. The lowest BCUT2D eigenvalue weighted by Crippen LogP contribution is -2.65. The van der Waals surface area contributed by atoms with Gasteiger partial charge in [-0.3, -0.25) is 14.9 Å². The van der Waals surface area contributed by atoms with E-state index in [2.05, 4.69) is 0 Å². The van der Waals surface area contributed by atoms with E-state index in [1.807, 2.05) is 0 Å². The number of rotatable bonds is 7. The maximum absolute atomic E-state index is 12.6. The maximum atomic E-state index is 12.6. The van der Waals surface area contributed by atoms with E-state index in [4.69, 9.17) is 0 Å². The van der Waals surface area contributed by atoms with E-state index in [9.17, 15) is 40.0 Å². The third-order valence-electron chi connectivity index (χ3n) is 3.76. The van der Waals surface area contributed by atoms with Crippen LogP contribution in [-0.2, 0) is 11.2 Å². The monoisotopic (exact) mass is 375 g/mol. The molecule has 0 radical (unpaired) electrons. The number of carbonyl (C=O) groups is 2. The molecule has 0 spiro atoms. The molecule has 2 aromatic carbocycles. The lowest BCUT2D eigenvalue weighted by molar-refractivity contribution is -0.730. The second-order valence-electron chi connectivity index (χ2n) is 5.44. The third kappa shape index (κ3) is 3.66. The largest absolute Gasteiger partial charge is 0.508 e. The Morgan fingerprint density at radius 1 is 1.00 bits per heavy atom. The van der Waals surface area contributed by atoms with E-state index in [-0.39, 0.29) is 16.9 Å². The van der Waals surface area contributed by atoms with Crippen molar-refractivity contribution in [2.24, 2.45) is 0 Å². The van der Waals surface area contributed by atoms with Crippen LogP contribution in [0.4, 0.5) is 0 Å². The number of carbonyl (C=O) groups excluding carboxylic acids is 1. The van der Waals surface area contributed by atoms with Gasteiger partial charge in [-0.25, -0.2) is 14.9 Å². The van der Waals surface area contributed by atoms with E-state index < -0.39 is 38.9 Å². The van der Waals surface area contributed by atoms with Crippen LogP contribution in [0.2, 0.25) is 0 Å². The van der Waals surface area contributed by atoms with Gasteiger partial charge in [0.15, 0.2) is 5.03 Å². The Morgan fingerprint density at radius 3 is 2.00 bits per heavy atom. The van der Waals surface area contributed by atoms with Gasteiger partial charge in [0, 0.05) is 10.6 Å². The molecule has 0 aliphatic rings. The number of phenolic OH excluding ortho intramolecular Hbond substituents is 1. The van der Waals surface area contributed by atoms with E-state index >= 15 is 0 Å². The number of nitro groups is 2. The van der Waals surface area contributed by atoms with Crippen LogP contribution in [0.1, 0.15) is 15.9 Å². The van der Waals surface area contributed by atoms with Crippen LogP contribution in [-0.4, -0.2) is 42.7 Å². The summed E-state index contributed by atoms with van der Waals surface area (Å²) in [5.74, 6) is -3.81. The number of hydrogen-bond donors (Lipinski definition) is 2. The number of aromatic hydroxyl groups is 1. The van der Waals surface area contributed by atoms with Crippen molar-refractivity contribution in [2.45, 2.75) is 12.1 Å². The van der Waals surface area contributed by atoms with Crippen LogP contribution in [0.15, 0.2) is 54.6 Å². The van der Waals surface area contributed by atoms with E-state index in [0.29, 0.717) is 0 Å². The molecule has 0 aliphatic heterocycles. The third-order valence-corrected chi connectivity index (χ3v) is 3.76. The summed E-state index contributed by atoms with van der Waals surface area (Å²) < 4.78 is 0. The summed E-state index contributed by atoms with van der Waals surface area (Å²) in [6, 6.07) is 11.2. The molecular weight excluding hydrogens is 362 g/mol. The topological polar surface area (TPSA) is 164 Å². The van der Waals surface area contributed by atoms with Gasteiger partial charge in [-0.2, -0.15) is 0 Å². The minimum atomic E-state index is -3.40. The number of carboxylic acid groups (broad SMARTS) is 1. The molecule has 2 rings (SSSR count). The highest BCUT2D eigenvalue weighted by atomic mass is 16.7. The molecule has 1 amide bonds.